The lowest BCUT2D eigenvalue weighted by atomic mass is 10.1. The highest BCUT2D eigenvalue weighted by atomic mass is 80.9. The van der Waals surface area contributed by atoms with Gasteiger partial charge in [-0.25, -0.2) is 19.9 Å². The second kappa shape index (κ2) is 49.2. The van der Waals surface area contributed by atoms with Gasteiger partial charge >= 0.3 is 0 Å². The van der Waals surface area contributed by atoms with Gasteiger partial charge in [-0.05, 0) is 167 Å². The van der Waals surface area contributed by atoms with Crippen molar-refractivity contribution < 1.29 is 37.3 Å². The minimum Gasteiger partial charge on any atom is -0.475 e. The monoisotopic (exact) mass is 1580 g/mol. The molecule has 92 heavy (non-hydrogen) atoms. The Morgan fingerprint density at radius 3 is 1.24 bits per heavy atom. The number of aromatic nitrogens is 6. The molecule has 516 valence electrons. The molecule has 16 nitrogen and oxygen atoms in total. The molecule has 0 aromatic carbocycles. The molecule has 0 amide bonds. The Labute approximate surface area is 588 Å². The van der Waals surface area contributed by atoms with Crippen molar-refractivity contribution in [3.05, 3.63) is 162 Å². The van der Waals surface area contributed by atoms with Crippen LogP contribution in [0.5, 0.6) is 23.5 Å². The highest BCUT2D eigenvalue weighted by Crippen LogP contribution is 2.38. The molecule has 0 saturated carbocycles. The molecule has 6 rings (SSSR count). The van der Waals surface area contributed by atoms with Gasteiger partial charge in [-0.2, -0.15) is 0 Å². The number of hydrogen-bond acceptors (Lipinski definition) is 14. The summed E-state index contributed by atoms with van der Waals surface area (Å²) >= 11 is 12.0. The van der Waals surface area contributed by atoms with Crippen molar-refractivity contribution in [2.45, 2.75) is 190 Å². The van der Waals surface area contributed by atoms with Gasteiger partial charge in [0, 0.05) is 89.1 Å². The molecular weight excluding hydrogens is 1480 g/mol. The number of halogens is 4. The number of nitrogens with zero attached hydrogens (tertiary/aromatic N) is 4. The molecule has 0 unspecified atom stereocenters. The average molecular weight is 1590 g/mol. The standard InChI is InChI=1S/C17H31NO2Si.C17H27NO2Si.C13H22BrNO2Si.C11H17NO2.C5H4BrNO.C5H5NO.CH4.Br2/c2*1-7-8-10-15-11-9-12-18-16(15)19-13-14-20-21(5,6)17(2,3)4;1-13(2,3)18(4,5)17-10-9-16-12-11(14)7-6-8-15-12;1-2-3-5-10-6-4-7-12-11(10)14-9-8-13;6-4-2-1-3-7-5(4)8;7-5-3-1-2-4-6-5;;1-2/h9,11-12H,7-8,10,13-14H2,1-6H3;9,11-12H,7,13-14H2,1-6H3;6-8H,9-10H2,1-5H3;4,6-7,13H,2-3,5,8-9H2,1H3;1-3H,(H,7,8);1-4H,(H,6,7);1H4;. The van der Waals surface area contributed by atoms with Crippen molar-refractivity contribution in [3.63, 3.8) is 0 Å². The third-order valence-corrected chi connectivity index (χ3v) is 29.6. The summed E-state index contributed by atoms with van der Waals surface area (Å²) in [6.45, 7) is 43.8. The van der Waals surface area contributed by atoms with E-state index >= 15 is 0 Å². The summed E-state index contributed by atoms with van der Waals surface area (Å²) in [6, 6.07) is 24.0. The molecule has 0 bridgehead atoms. The van der Waals surface area contributed by atoms with E-state index in [1.807, 2.05) is 49.4 Å². The Hall–Kier alpha value is -4.33. The van der Waals surface area contributed by atoms with Crippen LogP contribution in [0.15, 0.2) is 135 Å². The molecule has 6 heterocycles. The minimum atomic E-state index is -1.71. The molecule has 0 saturated heterocycles. The summed E-state index contributed by atoms with van der Waals surface area (Å²) in [5.74, 6) is 8.77. The van der Waals surface area contributed by atoms with Crippen LogP contribution in [-0.2, 0) is 26.1 Å². The largest absolute Gasteiger partial charge is 0.475 e. The number of nitrogens with one attached hydrogen (secondary N) is 2. The summed E-state index contributed by atoms with van der Waals surface area (Å²) in [5, 5.41) is 9.33. The van der Waals surface area contributed by atoms with Crippen LogP contribution < -0.4 is 30.1 Å². The van der Waals surface area contributed by atoms with Crippen molar-refractivity contribution in [2.75, 3.05) is 52.9 Å². The van der Waals surface area contributed by atoms with Crippen LogP contribution in [0.4, 0.5) is 0 Å². The molecule has 0 aliphatic rings. The van der Waals surface area contributed by atoms with Gasteiger partial charge in [0.2, 0.25) is 29.1 Å². The van der Waals surface area contributed by atoms with E-state index in [0.717, 1.165) is 53.6 Å². The summed E-state index contributed by atoms with van der Waals surface area (Å²) in [5.41, 5.74) is 3.02. The Balaban J connectivity index is 0. The van der Waals surface area contributed by atoms with Crippen LogP contribution in [0.3, 0.4) is 0 Å². The number of H-pyrrole nitrogens is 2. The zero-order valence-corrected chi connectivity index (χ0v) is 66.8. The Bertz CT molecular complexity index is 3010. The molecule has 0 atom stereocenters. The first-order valence-electron chi connectivity index (χ1n) is 30.9. The molecule has 6 aromatic heterocycles. The summed E-state index contributed by atoms with van der Waals surface area (Å²) < 4.78 is 42.1. The molecule has 0 spiro atoms. The SMILES string of the molecule is BrBr.C.CC(C)(C)[Si](C)(C)OCCOc1ncccc1Br.CCC#Cc1cccnc1OCCO[Si](C)(C)C(C)(C)C.CCCCc1cccnc1OCCO.CCCCc1cccnc1OCCO[Si](C)(C)C(C)(C)C.O=c1[nH]cccc1Br.O=c1cccc[nH]1. The van der Waals surface area contributed by atoms with Gasteiger partial charge in [-0.3, -0.25) is 9.59 Å². The highest BCUT2D eigenvalue weighted by Gasteiger charge is 2.38. The number of aliphatic hydroxyl groups excluding tert-OH is 1. The summed E-state index contributed by atoms with van der Waals surface area (Å²) in [6.07, 6.45) is 17.6. The van der Waals surface area contributed by atoms with Crippen LogP contribution >= 0.6 is 60.1 Å². The van der Waals surface area contributed by atoms with E-state index in [9.17, 15) is 9.59 Å². The maximum atomic E-state index is 10.5. The van der Waals surface area contributed by atoms with Gasteiger partial charge in [-0.15, -0.1) is 0 Å². The van der Waals surface area contributed by atoms with Crippen molar-refractivity contribution in [3.8, 4) is 35.4 Å². The number of hydrogen-bond donors (Lipinski definition) is 3. The first-order valence-corrected chi connectivity index (χ1v) is 45.0. The molecule has 0 aliphatic heterocycles. The first kappa shape index (κ1) is 89.7. The Morgan fingerprint density at radius 1 is 0.489 bits per heavy atom. The van der Waals surface area contributed by atoms with E-state index in [1.54, 1.807) is 61.4 Å². The lowest BCUT2D eigenvalue weighted by molar-refractivity contribution is 0.195. The lowest BCUT2D eigenvalue weighted by Gasteiger charge is -2.36. The van der Waals surface area contributed by atoms with Gasteiger partial charge in [-0.1, -0.05) is 133 Å². The summed E-state index contributed by atoms with van der Waals surface area (Å²) in [7, 11) is -5.05. The van der Waals surface area contributed by atoms with Crippen molar-refractivity contribution in [1.82, 2.24) is 29.9 Å². The zero-order valence-electron chi connectivity index (χ0n) is 57.5. The molecule has 0 fully saturated rings. The number of ether oxygens (including phenoxy) is 4. The van der Waals surface area contributed by atoms with E-state index in [-0.39, 0.29) is 40.3 Å². The molecule has 3 N–H and O–H groups in total. The van der Waals surface area contributed by atoms with Crippen molar-refractivity contribution >= 4 is 85.1 Å². The van der Waals surface area contributed by atoms with Crippen LogP contribution in [0.25, 0.3) is 0 Å². The normalized spacial score (nSPS) is 11.0. The number of unbranched alkanes of at least 4 members (excludes halogenated alkanes) is 2. The fourth-order valence-corrected chi connectivity index (χ4v) is 10.1. The smallest absolute Gasteiger partial charge is 0.262 e. The Morgan fingerprint density at radius 2 is 0.880 bits per heavy atom. The molecule has 6 aromatic rings. The van der Waals surface area contributed by atoms with Crippen molar-refractivity contribution in [1.29, 1.82) is 0 Å². The second-order valence-corrected chi connectivity index (χ2v) is 41.1. The third kappa shape index (κ3) is 38.9. The third-order valence-electron chi connectivity index (χ3n) is 14.7. The van der Waals surface area contributed by atoms with Crippen LogP contribution in [0.2, 0.25) is 54.4 Å². The topological polar surface area (TPSA) is 202 Å². The molecular formula is C69H110Br4N6O10Si3. The predicted molar refractivity (Wildman–Crippen MR) is 404 cm³/mol. The van der Waals surface area contributed by atoms with E-state index in [2.05, 4.69) is 223 Å². The minimum absolute atomic E-state index is 0. The van der Waals surface area contributed by atoms with E-state index in [1.165, 1.54) is 24.5 Å². The number of aliphatic hydroxyl groups is 1. The molecule has 0 radical (unpaired) electrons. The van der Waals surface area contributed by atoms with E-state index in [0.29, 0.717) is 68.4 Å². The first-order chi connectivity index (χ1) is 42.9. The van der Waals surface area contributed by atoms with Gasteiger partial charge in [0.15, 0.2) is 25.0 Å². The van der Waals surface area contributed by atoms with Crippen LogP contribution in [0, 0.1) is 11.8 Å². The fraction of sp³-hybridized carbons (Fsp3) is 0.536. The number of pyridine rings is 6. The average Bonchev–Trinajstić information content (AvgIpc) is 1.19. The maximum absolute atomic E-state index is 10.5. The van der Waals surface area contributed by atoms with Crippen LogP contribution in [-0.4, -0.2) is 113 Å². The summed E-state index contributed by atoms with van der Waals surface area (Å²) in [4.78, 5) is 42.6. The van der Waals surface area contributed by atoms with Gasteiger partial charge in [0.25, 0.3) is 5.56 Å². The molecule has 0 aliphatic carbocycles. The van der Waals surface area contributed by atoms with Gasteiger partial charge in [0.05, 0.1) is 40.9 Å². The number of aromatic amines is 2. The zero-order chi connectivity index (χ0) is 69.0. The Kier molecular flexibility index (Phi) is 48.0. The number of aryl methyl sites for hydroxylation is 2. The van der Waals surface area contributed by atoms with Gasteiger partial charge in [0.1, 0.15) is 26.4 Å². The maximum Gasteiger partial charge on any atom is 0.262 e. The number of rotatable bonds is 24. The lowest BCUT2D eigenvalue weighted by Crippen LogP contribution is -2.41. The highest BCUT2D eigenvalue weighted by molar-refractivity contribution is 9.93. The fourth-order valence-electron chi connectivity index (χ4n) is 6.36. The second-order valence-electron chi connectivity index (χ2n) is 25.0. The van der Waals surface area contributed by atoms with Crippen LogP contribution in [0.1, 0.15) is 139 Å². The van der Waals surface area contributed by atoms with Gasteiger partial charge < -0.3 is 47.3 Å². The predicted octanol–water partition coefficient (Wildman–Crippen LogP) is 18.9. The quantitative estimate of drug-likeness (QED) is 0.0293. The van der Waals surface area contributed by atoms with E-state index < -0.39 is 25.0 Å². The van der Waals surface area contributed by atoms with E-state index in [4.69, 9.17) is 37.3 Å². The molecule has 23 heteroatoms. The van der Waals surface area contributed by atoms with Crippen molar-refractivity contribution in [2.24, 2.45) is 0 Å².